The minimum Gasteiger partial charge on any atom is -0.497 e. The van der Waals surface area contributed by atoms with Gasteiger partial charge in [0.05, 0.1) is 13.0 Å². The quantitative estimate of drug-likeness (QED) is 0.832. The SMILES string of the molecule is COc1ccc(CC(Cc2ccnc(Cl)c2)C(=O)O)cc1. The number of hydrogen-bond donors (Lipinski definition) is 1. The lowest BCUT2D eigenvalue weighted by Gasteiger charge is -2.13. The Bertz CT molecular complexity index is 613. The lowest BCUT2D eigenvalue weighted by atomic mass is 9.93. The van der Waals surface area contributed by atoms with Gasteiger partial charge in [-0.3, -0.25) is 4.79 Å². The number of methoxy groups -OCH3 is 1. The highest BCUT2D eigenvalue weighted by Gasteiger charge is 2.19. The first-order valence-electron chi connectivity index (χ1n) is 6.54. The highest BCUT2D eigenvalue weighted by atomic mass is 35.5. The molecule has 0 radical (unpaired) electrons. The van der Waals surface area contributed by atoms with Crippen LogP contribution in [-0.4, -0.2) is 23.2 Å². The fourth-order valence-corrected chi connectivity index (χ4v) is 2.34. The number of ether oxygens (including phenoxy) is 1. The zero-order valence-corrected chi connectivity index (χ0v) is 12.4. The van der Waals surface area contributed by atoms with Gasteiger partial charge >= 0.3 is 5.97 Å². The average Bonchev–Trinajstić information content (AvgIpc) is 2.47. The third-order valence-corrected chi connectivity index (χ3v) is 3.47. The predicted molar refractivity (Wildman–Crippen MR) is 80.8 cm³/mol. The second kappa shape index (κ2) is 7.09. The summed E-state index contributed by atoms with van der Waals surface area (Å²) in [6.45, 7) is 0. The Labute approximate surface area is 128 Å². The molecule has 1 atom stereocenters. The number of nitrogens with zero attached hydrogens (tertiary/aromatic N) is 1. The maximum absolute atomic E-state index is 11.4. The molecule has 21 heavy (non-hydrogen) atoms. The molecule has 0 spiro atoms. The van der Waals surface area contributed by atoms with Crippen LogP contribution in [0, 0.1) is 5.92 Å². The van der Waals surface area contributed by atoms with Gasteiger partial charge in [0.1, 0.15) is 10.9 Å². The number of carboxylic acids is 1. The molecule has 110 valence electrons. The number of rotatable bonds is 6. The van der Waals surface area contributed by atoms with Crippen molar-refractivity contribution in [3.05, 3.63) is 58.9 Å². The number of halogens is 1. The number of aliphatic carboxylic acids is 1. The second-order valence-electron chi connectivity index (χ2n) is 4.78. The summed E-state index contributed by atoms with van der Waals surface area (Å²) in [6.07, 6.45) is 2.47. The molecule has 2 rings (SSSR count). The molecular weight excluding hydrogens is 290 g/mol. The third-order valence-electron chi connectivity index (χ3n) is 3.26. The van der Waals surface area contributed by atoms with Crippen molar-refractivity contribution in [3.8, 4) is 5.75 Å². The summed E-state index contributed by atoms with van der Waals surface area (Å²) in [6, 6.07) is 10.9. The number of aromatic nitrogens is 1. The summed E-state index contributed by atoms with van der Waals surface area (Å²) in [7, 11) is 1.60. The van der Waals surface area contributed by atoms with E-state index in [1.807, 2.05) is 24.3 Å². The van der Waals surface area contributed by atoms with Crippen LogP contribution < -0.4 is 4.74 Å². The van der Waals surface area contributed by atoms with Crippen molar-refractivity contribution in [1.82, 2.24) is 4.98 Å². The molecule has 0 saturated carbocycles. The molecule has 1 aromatic carbocycles. The lowest BCUT2D eigenvalue weighted by Crippen LogP contribution is -2.19. The van der Waals surface area contributed by atoms with E-state index in [-0.39, 0.29) is 0 Å². The molecular formula is C16H16ClNO3. The van der Waals surface area contributed by atoms with E-state index < -0.39 is 11.9 Å². The van der Waals surface area contributed by atoms with Crippen molar-refractivity contribution in [1.29, 1.82) is 0 Å². The molecule has 4 nitrogen and oxygen atoms in total. The van der Waals surface area contributed by atoms with Gasteiger partial charge in [0, 0.05) is 6.20 Å². The molecule has 1 N–H and O–H groups in total. The fourth-order valence-electron chi connectivity index (χ4n) is 2.15. The largest absolute Gasteiger partial charge is 0.497 e. The van der Waals surface area contributed by atoms with Crippen LogP contribution in [0.4, 0.5) is 0 Å². The summed E-state index contributed by atoms with van der Waals surface area (Å²) >= 11 is 5.83. The highest BCUT2D eigenvalue weighted by Crippen LogP contribution is 2.19. The molecule has 0 aliphatic rings. The first kappa shape index (κ1) is 15.3. The fraction of sp³-hybridized carbons (Fsp3) is 0.250. The molecule has 1 heterocycles. The molecule has 0 bridgehead atoms. The number of benzene rings is 1. The van der Waals surface area contributed by atoms with Gasteiger partial charge in [-0.05, 0) is 48.2 Å². The van der Waals surface area contributed by atoms with E-state index >= 15 is 0 Å². The van der Waals surface area contributed by atoms with E-state index in [4.69, 9.17) is 16.3 Å². The number of hydrogen-bond acceptors (Lipinski definition) is 3. The van der Waals surface area contributed by atoms with Gasteiger partial charge in [0.2, 0.25) is 0 Å². The normalized spacial score (nSPS) is 11.9. The van der Waals surface area contributed by atoms with E-state index in [9.17, 15) is 9.90 Å². The zero-order chi connectivity index (χ0) is 15.2. The molecule has 0 aliphatic carbocycles. The van der Waals surface area contributed by atoms with E-state index in [2.05, 4.69) is 4.98 Å². The summed E-state index contributed by atoms with van der Waals surface area (Å²) < 4.78 is 5.09. The van der Waals surface area contributed by atoms with E-state index in [0.29, 0.717) is 18.0 Å². The van der Waals surface area contributed by atoms with E-state index in [1.54, 1.807) is 25.4 Å². The minimum atomic E-state index is -0.821. The Balaban J connectivity index is 2.10. The maximum Gasteiger partial charge on any atom is 0.307 e. The van der Waals surface area contributed by atoms with Crippen molar-refractivity contribution in [3.63, 3.8) is 0 Å². The van der Waals surface area contributed by atoms with Gasteiger partial charge in [-0.1, -0.05) is 23.7 Å². The summed E-state index contributed by atoms with van der Waals surface area (Å²) in [4.78, 5) is 15.3. The molecule has 5 heteroatoms. The van der Waals surface area contributed by atoms with Crippen molar-refractivity contribution in [2.75, 3.05) is 7.11 Å². The van der Waals surface area contributed by atoms with Gasteiger partial charge in [-0.2, -0.15) is 0 Å². The Hall–Kier alpha value is -2.07. The number of carboxylic acid groups (broad SMARTS) is 1. The van der Waals surface area contributed by atoms with Gasteiger partial charge < -0.3 is 9.84 Å². The molecule has 0 aliphatic heterocycles. The van der Waals surface area contributed by atoms with E-state index in [1.165, 1.54) is 0 Å². The van der Waals surface area contributed by atoms with Crippen LogP contribution in [0.3, 0.4) is 0 Å². The number of pyridine rings is 1. The van der Waals surface area contributed by atoms with Crippen LogP contribution in [0.15, 0.2) is 42.6 Å². The molecule has 1 aromatic heterocycles. The Kier molecular flexibility index (Phi) is 5.17. The number of carbonyl (C=O) groups is 1. The molecule has 0 fully saturated rings. The van der Waals surface area contributed by atoms with Crippen LogP contribution in [0.1, 0.15) is 11.1 Å². The van der Waals surface area contributed by atoms with Crippen molar-refractivity contribution in [2.24, 2.45) is 5.92 Å². The zero-order valence-electron chi connectivity index (χ0n) is 11.6. The Morgan fingerprint density at radius 1 is 1.24 bits per heavy atom. The van der Waals surface area contributed by atoms with Crippen LogP contribution in [-0.2, 0) is 17.6 Å². The standard InChI is InChI=1S/C16H16ClNO3/c1-21-14-4-2-11(3-5-14)8-13(16(19)20)9-12-6-7-18-15(17)10-12/h2-7,10,13H,8-9H2,1H3,(H,19,20). The molecule has 0 saturated heterocycles. The maximum atomic E-state index is 11.4. The first-order valence-corrected chi connectivity index (χ1v) is 6.92. The van der Waals surface area contributed by atoms with Crippen LogP contribution in [0.2, 0.25) is 5.15 Å². The molecule has 0 amide bonds. The van der Waals surface area contributed by atoms with Crippen LogP contribution >= 0.6 is 11.6 Å². The van der Waals surface area contributed by atoms with Crippen molar-refractivity contribution >= 4 is 17.6 Å². The Morgan fingerprint density at radius 3 is 2.48 bits per heavy atom. The average molecular weight is 306 g/mol. The molecule has 2 aromatic rings. The monoisotopic (exact) mass is 305 g/mol. The van der Waals surface area contributed by atoms with Crippen molar-refractivity contribution < 1.29 is 14.6 Å². The van der Waals surface area contributed by atoms with Crippen LogP contribution in [0.5, 0.6) is 5.75 Å². The van der Waals surface area contributed by atoms with Gasteiger partial charge in [-0.25, -0.2) is 4.98 Å². The highest BCUT2D eigenvalue weighted by molar-refractivity contribution is 6.29. The van der Waals surface area contributed by atoms with Gasteiger partial charge in [0.25, 0.3) is 0 Å². The van der Waals surface area contributed by atoms with Gasteiger partial charge in [-0.15, -0.1) is 0 Å². The smallest absolute Gasteiger partial charge is 0.307 e. The summed E-state index contributed by atoms with van der Waals surface area (Å²) in [5.41, 5.74) is 1.83. The third kappa shape index (κ3) is 4.46. The summed E-state index contributed by atoms with van der Waals surface area (Å²) in [5, 5.41) is 9.77. The minimum absolute atomic E-state index is 0.376. The molecule has 1 unspecified atom stereocenters. The second-order valence-corrected chi connectivity index (χ2v) is 5.17. The van der Waals surface area contributed by atoms with Crippen molar-refractivity contribution in [2.45, 2.75) is 12.8 Å². The van der Waals surface area contributed by atoms with Gasteiger partial charge in [0.15, 0.2) is 0 Å². The van der Waals surface area contributed by atoms with Crippen LogP contribution in [0.25, 0.3) is 0 Å². The first-order chi connectivity index (χ1) is 10.1. The topological polar surface area (TPSA) is 59.4 Å². The van der Waals surface area contributed by atoms with E-state index in [0.717, 1.165) is 16.9 Å². The summed E-state index contributed by atoms with van der Waals surface area (Å²) in [5.74, 6) is -0.567. The lowest BCUT2D eigenvalue weighted by molar-refractivity contribution is -0.141. The Morgan fingerprint density at radius 2 is 1.90 bits per heavy atom. The predicted octanol–water partition coefficient (Wildman–Crippen LogP) is 3.23.